The number of nitrogens with zero attached hydrogens (tertiary/aromatic N) is 1. The maximum Gasteiger partial charge on any atom is 0.0777 e. The summed E-state index contributed by atoms with van der Waals surface area (Å²) >= 11 is 3.52. The van der Waals surface area contributed by atoms with Gasteiger partial charge in [0, 0.05) is 24.7 Å². The Labute approximate surface area is 112 Å². The van der Waals surface area contributed by atoms with Gasteiger partial charge in [-0.2, -0.15) is 0 Å². The fraction of sp³-hybridized carbons (Fsp3) is 0.571. The van der Waals surface area contributed by atoms with Crippen molar-refractivity contribution in [2.75, 3.05) is 20.2 Å². The van der Waals surface area contributed by atoms with Crippen molar-refractivity contribution < 1.29 is 4.74 Å². The zero-order valence-electron chi connectivity index (χ0n) is 10.6. The lowest BCUT2D eigenvalue weighted by Crippen LogP contribution is -2.46. The zero-order valence-corrected chi connectivity index (χ0v) is 12.2. The lowest BCUT2D eigenvalue weighted by molar-refractivity contribution is -0.0527. The van der Waals surface area contributed by atoms with E-state index in [9.17, 15) is 0 Å². The van der Waals surface area contributed by atoms with E-state index in [0.717, 1.165) is 17.6 Å². The van der Waals surface area contributed by atoms with Crippen LogP contribution in [0.3, 0.4) is 0 Å². The molecule has 0 aromatic heterocycles. The number of likely N-dealkylation sites (tertiary alicyclic amines) is 1. The normalized spacial score (nSPS) is 26.1. The summed E-state index contributed by atoms with van der Waals surface area (Å²) in [5, 5.41) is 0. The molecule has 0 bridgehead atoms. The first kappa shape index (κ1) is 13.1. The van der Waals surface area contributed by atoms with Crippen molar-refractivity contribution in [1.82, 2.24) is 4.90 Å². The third-order valence-electron chi connectivity index (χ3n) is 3.53. The molecule has 0 aliphatic carbocycles. The second kappa shape index (κ2) is 5.51. The van der Waals surface area contributed by atoms with Gasteiger partial charge in [-0.15, -0.1) is 0 Å². The van der Waals surface area contributed by atoms with Crippen molar-refractivity contribution in [3.05, 3.63) is 34.3 Å². The van der Waals surface area contributed by atoms with Crippen LogP contribution in [0.15, 0.2) is 28.7 Å². The highest BCUT2D eigenvalue weighted by Crippen LogP contribution is 2.25. The molecule has 0 spiro atoms. The number of hydrogen-bond donors (Lipinski definition) is 0. The van der Waals surface area contributed by atoms with Gasteiger partial charge < -0.3 is 4.74 Å². The lowest BCUT2D eigenvalue weighted by atomic mass is 9.94. The highest BCUT2D eigenvalue weighted by molar-refractivity contribution is 9.10. The first-order valence-electron chi connectivity index (χ1n) is 6.13. The summed E-state index contributed by atoms with van der Waals surface area (Å²) in [7, 11) is 1.82. The Hall–Kier alpha value is -0.380. The van der Waals surface area contributed by atoms with Gasteiger partial charge in [-0.3, -0.25) is 4.90 Å². The number of methoxy groups -OCH3 is 1. The van der Waals surface area contributed by atoms with Gasteiger partial charge in [0.25, 0.3) is 0 Å². The molecule has 0 saturated carbocycles. The number of piperidine rings is 1. The lowest BCUT2D eigenvalue weighted by Gasteiger charge is -2.39. The monoisotopic (exact) mass is 297 g/mol. The van der Waals surface area contributed by atoms with E-state index in [0.29, 0.717) is 0 Å². The Balaban J connectivity index is 1.99. The van der Waals surface area contributed by atoms with Gasteiger partial charge in [-0.1, -0.05) is 28.1 Å². The number of ether oxygens (including phenoxy) is 1. The Bertz CT molecular complexity index is 382. The maximum absolute atomic E-state index is 5.62. The molecule has 2 rings (SSSR count). The smallest absolute Gasteiger partial charge is 0.0777 e. The molecule has 1 atom stereocenters. The van der Waals surface area contributed by atoms with Gasteiger partial charge in [0.1, 0.15) is 0 Å². The molecule has 1 aromatic rings. The molecular formula is C14H20BrNO. The second-order valence-corrected chi connectivity index (χ2v) is 6.01. The molecule has 1 heterocycles. The fourth-order valence-corrected chi connectivity index (χ4v) is 2.95. The number of rotatable bonds is 3. The molecule has 94 valence electrons. The number of benzene rings is 1. The van der Waals surface area contributed by atoms with Crippen LogP contribution in [0.1, 0.15) is 25.3 Å². The molecular weight excluding hydrogens is 278 g/mol. The van der Waals surface area contributed by atoms with Gasteiger partial charge in [0.15, 0.2) is 0 Å². The molecule has 3 heteroatoms. The minimum absolute atomic E-state index is 0.0320. The summed E-state index contributed by atoms with van der Waals surface area (Å²) in [6, 6.07) is 8.54. The van der Waals surface area contributed by atoms with Crippen LogP contribution in [0.5, 0.6) is 0 Å². The van der Waals surface area contributed by atoms with E-state index in [4.69, 9.17) is 4.74 Å². The minimum atomic E-state index is 0.0320. The average molecular weight is 298 g/mol. The van der Waals surface area contributed by atoms with Crippen molar-refractivity contribution in [2.24, 2.45) is 0 Å². The van der Waals surface area contributed by atoms with Gasteiger partial charge in [-0.25, -0.2) is 0 Å². The summed E-state index contributed by atoms with van der Waals surface area (Å²) in [6.07, 6.45) is 2.39. The Kier molecular flexibility index (Phi) is 4.23. The Morgan fingerprint density at radius 1 is 1.47 bits per heavy atom. The summed E-state index contributed by atoms with van der Waals surface area (Å²) in [4.78, 5) is 2.48. The molecule has 2 nitrogen and oxygen atoms in total. The topological polar surface area (TPSA) is 12.5 Å². The standard InChI is InChI=1S/C14H20BrNO/c1-14(17-2)7-4-8-16(11-14)10-12-5-3-6-13(15)9-12/h3,5-6,9H,4,7-8,10-11H2,1-2H3. The molecule has 1 unspecified atom stereocenters. The first-order valence-corrected chi connectivity index (χ1v) is 6.93. The van der Waals surface area contributed by atoms with Crippen molar-refractivity contribution >= 4 is 15.9 Å². The molecule has 1 aliphatic heterocycles. The van der Waals surface area contributed by atoms with E-state index >= 15 is 0 Å². The predicted octanol–water partition coefficient (Wildman–Crippen LogP) is 3.45. The van der Waals surface area contributed by atoms with Crippen LogP contribution in [-0.2, 0) is 11.3 Å². The summed E-state index contributed by atoms with van der Waals surface area (Å²) < 4.78 is 6.77. The molecule has 0 N–H and O–H groups in total. The fourth-order valence-electron chi connectivity index (χ4n) is 2.50. The van der Waals surface area contributed by atoms with E-state index in [1.165, 1.54) is 24.9 Å². The van der Waals surface area contributed by atoms with Crippen molar-refractivity contribution in [3.8, 4) is 0 Å². The van der Waals surface area contributed by atoms with Gasteiger partial charge in [0.2, 0.25) is 0 Å². The van der Waals surface area contributed by atoms with Gasteiger partial charge >= 0.3 is 0 Å². The van der Waals surface area contributed by atoms with Crippen molar-refractivity contribution in [1.29, 1.82) is 0 Å². The summed E-state index contributed by atoms with van der Waals surface area (Å²) in [5.41, 5.74) is 1.39. The SMILES string of the molecule is COC1(C)CCCN(Cc2cccc(Br)c2)C1. The number of hydrogen-bond acceptors (Lipinski definition) is 2. The highest BCUT2D eigenvalue weighted by Gasteiger charge is 2.30. The third kappa shape index (κ3) is 3.54. The third-order valence-corrected chi connectivity index (χ3v) is 4.02. The van der Waals surface area contributed by atoms with E-state index in [1.54, 1.807) is 0 Å². The van der Waals surface area contributed by atoms with Crippen LogP contribution in [0.2, 0.25) is 0 Å². The van der Waals surface area contributed by atoms with Crippen LogP contribution in [-0.4, -0.2) is 30.7 Å². The Morgan fingerprint density at radius 3 is 3.00 bits per heavy atom. The van der Waals surface area contributed by atoms with Gasteiger partial charge in [0.05, 0.1) is 5.60 Å². The van der Waals surface area contributed by atoms with E-state index < -0.39 is 0 Å². The first-order chi connectivity index (χ1) is 8.11. The largest absolute Gasteiger partial charge is 0.377 e. The van der Waals surface area contributed by atoms with E-state index in [-0.39, 0.29) is 5.60 Å². The van der Waals surface area contributed by atoms with Crippen LogP contribution in [0, 0.1) is 0 Å². The molecule has 1 saturated heterocycles. The van der Waals surface area contributed by atoms with E-state index in [1.807, 2.05) is 7.11 Å². The summed E-state index contributed by atoms with van der Waals surface area (Å²) in [5.74, 6) is 0. The molecule has 0 amide bonds. The summed E-state index contributed by atoms with van der Waals surface area (Å²) in [6.45, 7) is 5.42. The maximum atomic E-state index is 5.62. The van der Waals surface area contributed by atoms with Crippen molar-refractivity contribution in [3.63, 3.8) is 0 Å². The molecule has 1 fully saturated rings. The second-order valence-electron chi connectivity index (χ2n) is 5.10. The van der Waals surface area contributed by atoms with Crippen LogP contribution >= 0.6 is 15.9 Å². The van der Waals surface area contributed by atoms with E-state index in [2.05, 4.69) is 52.0 Å². The van der Waals surface area contributed by atoms with Crippen LogP contribution in [0.4, 0.5) is 0 Å². The van der Waals surface area contributed by atoms with Crippen LogP contribution in [0.25, 0.3) is 0 Å². The number of halogens is 1. The Morgan fingerprint density at radius 2 is 2.29 bits per heavy atom. The zero-order chi connectivity index (χ0) is 12.3. The van der Waals surface area contributed by atoms with Crippen LogP contribution < -0.4 is 0 Å². The molecule has 0 radical (unpaired) electrons. The predicted molar refractivity (Wildman–Crippen MR) is 74.1 cm³/mol. The molecule has 17 heavy (non-hydrogen) atoms. The molecule has 1 aliphatic rings. The quantitative estimate of drug-likeness (QED) is 0.847. The van der Waals surface area contributed by atoms with Crippen molar-refractivity contribution in [2.45, 2.75) is 31.9 Å². The molecule has 1 aromatic carbocycles. The highest BCUT2D eigenvalue weighted by atomic mass is 79.9. The average Bonchev–Trinajstić information content (AvgIpc) is 2.29. The minimum Gasteiger partial charge on any atom is -0.377 e. The van der Waals surface area contributed by atoms with Gasteiger partial charge in [-0.05, 0) is 44.0 Å².